The Morgan fingerprint density at radius 3 is 2.48 bits per heavy atom. The van der Waals surface area contributed by atoms with Crippen LogP contribution in [0.3, 0.4) is 0 Å². The van der Waals surface area contributed by atoms with Crippen molar-refractivity contribution in [1.82, 2.24) is 9.88 Å². The van der Waals surface area contributed by atoms with Gasteiger partial charge < -0.3 is 20.1 Å². The molecule has 0 aliphatic heterocycles. The second-order valence-corrected chi connectivity index (χ2v) is 4.54. The molecule has 0 aliphatic carbocycles. The standard InChI is InChI=1S/C13H16N2O6/c1-7(16)9-4-3-5-15(12(9)19)6-10(18)14-11(8(2)17)13(20)21/h3-5,8,11,17H,6H2,1-2H3,(H,14,18)(H,20,21). The zero-order valence-corrected chi connectivity index (χ0v) is 11.6. The van der Waals surface area contributed by atoms with Crippen LogP contribution < -0.4 is 10.9 Å². The number of rotatable bonds is 6. The molecule has 1 aromatic rings. The summed E-state index contributed by atoms with van der Waals surface area (Å²) in [5.41, 5.74) is -0.695. The van der Waals surface area contributed by atoms with Gasteiger partial charge in [0.25, 0.3) is 5.56 Å². The maximum Gasteiger partial charge on any atom is 0.328 e. The second-order valence-electron chi connectivity index (χ2n) is 4.54. The van der Waals surface area contributed by atoms with Crippen molar-refractivity contribution in [3.8, 4) is 0 Å². The molecule has 1 aromatic heterocycles. The van der Waals surface area contributed by atoms with Crippen LogP contribution in [-0.4, -0.2) is 44.6 Å². The van der Waals surface area contributed by atoms with Crippen LogP contribution in [0.1, 0.15) is 24.2 Å². The molecule has 0 bridgehead atoms. The van der Waals surface area contributed by atoms with Crippen LogP contribution in [-0.2, 0) is 16.1 Å². The van der Waals surface area contributed by atoms with Gasteiger partial charge in [-0.3, -0.25) is 14.4 Å². The zero-order chi connectivity index (χ0) is 16.2. The average molecular weight is 296 g/mol. The third-order valence-corrected chi connectivity index (χ3v) is 2.78. The van der Waals surface area contributed by atoms with Crippen molar-refractivity contribution in [3.05, 3.63) is 34.2 Å². The lowest BCUT2D eigenvalue weighted by atomic mass is 10.2. The van der Waals surface area contributed by atoms with Gasteiger partial charge >= 0.3 is 5.97 Å². The van der Waals surface area contributed by atoms with Gasteiger partial charge in [-0.05, 0) is 26.0 Å². The van der Waals surface area contributed by atoms with Crippen molar-refractivity contribution in [2.45, 2.75) is 32.5 Å². The van der Waals surface area contributed by atoms with Crippen LogP contribution >= 0.6 is 0 Å². The maximum atomic E-state index is 11.9. The summed E-state index contributed by atoms with van der Waals surface area (Å²) in [4.78, 5) is 45.7. The quantitative estimate of drug-likeness (QED) is 0.578. The van der Waals surface area contributed by atoms with Crippen molar-refractivity contribution in [3.63, 3.8) is 0 Å². The van der Waals surface area contributed by atoms with Gasteiger partial charge in [0, 0.05) is 6.20 Å². The number of ketones is 1. The van der Waals surface area contributed by atoms with Gasteiger partial charge in [-0.15, -0.1) is 0 Å². The van der Waals surface area contributed by atoms with E-state index in [4.69, 9.17) is 5.11 Å². The Balaban J connectivity index is 2.90. The number of amides is 1. The zero-order valence-electron chi connectivity index (χ0n) is 11.6. The van der Waals surface area contributed by atoms with E-state index in [9.17, 15) is 24.3 Å². The number of aliphatic hydroxyl groups excluding tert-OH is 1. The summed E-state index contributed by atoms with van der Waals surface area (Å²) in [7, 11) is 0. The molecule has 0 aromatic carbocycles. The summed E-state index contributed by atoms with van der Waals surface area (Å²) in [6, 6.07) is 1.31. The van der Waals surface area contributed by atoms with Gasteiger partial charge in [0.15, 0.2) is 11.8 Å². The number of aromatic nitrogens is 1. The van der Waals surface area contributed by atoms with E-state index in [-0.39, 0.29) is 5.56 Å². The number of carboxylic acids is 1. The Bertz CT molecular complexity index is 619. The van der Waals surface area contributed by atoms with E-state index in [1.165, 1.54) is 32.2 Å². The Labute approximate surface area is 120 Å². The first-order valence-corrected chi connectivity index (χ1v) is 6.14. The number of carbonyl (C=O) groups is 3. The molecule has 1 heterocycles. The van der Waals surface area contributed by atoms with Crippen molar-refractivity contribution in [1.29, 1.82) is 0 Å². The topological polar surface area (TPSA) is 126 Å². The molecule has 2 unspecified atom stereocenters. The molecule has 0 spiro atoms. The van der Waals surface area contributed by atoms with E-state index in [2.05, 4.69) is 5.32 Å². The highest BCUT2D eigenvalue weighted by atomic mass is 16.4. The summed E-state index contributed by atoms with van der Waals surface area (Å²) in [6.45, 7) is 2.01. The molecule has 0 aliphatic rings. The number of nitrogens with zero attached hydrogens (tertiary/aromatic N) is 1. The molecule has 2 atom stereocenters. The van der Waals surface area contributed by atoms with Crippen molar-refractivity contribution >= 4 is 17.7 Å². The SMILES string of the molecule is CC(=O)c1cccn(CC(=O)NC(C(=O)O)C(C)O)c1=O. The van der Waals surface area contributed by atoms with E-state index in [1.807, 2.05) is 0 Å². The predicted octanol–water partition coefficient (Wildman–Crippen LogP) is -0.999. The normalized spacial score (nSPS) is 13.3. The molecule has 1 rings (SSSR count). The van der Waals surface area contributed by atoms with E-state index in [0.29, 0.717) is 0 Å². The largest absolute Gasteiger partial charge is 0.480 e. The van der Waals surface area contributed by atoms with Gasteiger partial charge in [-0.25, -0.2) is 4.79 Å². The highest BCUT2D eigenvalue weighted by Crippen LogP contribution is 1.96. The van der Waals surface area contributed by atoms with Gasteiger partial charge in [0.2, 0.25) is 5.91 Å². The van der Waals surface area contributed by atoms with Gasteiger partial charge in [-0.2, -0.15) is 0 Å². The third kappa shape index (κ3) is 4.25. The summed E-state index contributed by atoms with van der Waals surface area (Å²) in [5.74, 6) is -2.57. The second kappa shape index (κ2) is 6.80. The van der Waals surface area contributed by atoms with Crippen LogP contribution in [0.4, 0.5) is 0 Å². The summed E-state index contributed by atoms with van der Waals surface area (Å²) in [6.07, 6.45) is 0.0266. The van der Waals surface area contributed by atoms with Crippen LogP contribution in [0.2, 0.25) is 0 Å². The summed E-state index contributed by atoms with van der Waals surface area (Å²) >= 11 is 0. The lowest BCUT2D eigenvalue weighted by Crippen LogP contribution is -2.49. The van der Waals surface area contributed by atoms with Crippen LogP contribution in [0.5, 0.6) is 0 Å². The predicted molar refractivity (Wildman–Crippen MR) is 72.0 cm³/mol. The number of Topliss-reactive ketones (excluding diaryl/α,β-unsaturated/α-hetero) is 1. The fourth-order valence-corrected chi connectivity index (χ4v) is 1.69. The number of hydrogen-bond acceptors (Lipinski definition) is 5. The molecule has 0 saturated carbocycles. The van der Waals surface area contributed by atoms with Gasteiger partial charge in [0.1, 0.15) is 6.54 Å². The van der Waals surface area contributed by atoms with Crippen molar-refractivity contribution in [2.24, 2.45) is 0 Å². The minimum absolute atomic E-state index is 0.0596. The van der Waals surface area contributed by atoms with Crippen molar-refractivity contribution < 1.29 is 24.6 Å². The Morgan fingerprint density at radius 1 is 1.38 bits per heavy atom. The molecule has 0 fully saturated rings. The number of hydrogen-bond donors (Lipinski definition) is 3. The molecule has 8 nitrogen and oxygen atoms in total. The number of aliphatic hydroxyl groups is 1. The van der Waals surface area contributed by atoms with Crippen molar-refractivity contribution in [2.75, 3.05) is 0 Å². The van der Waals surface area contributed by atoms with Crippen LogP contribution in [0.15, 0.2) is 23.1 Å². The lowest BCUT2D eigenvalue weighted by Gasteiger charge is -2.17. The molecular weight excluding hydrogens is 280 g/mol. The number of carboxylic acid groups (broad SMARTS) is 1. The summed E-state index contributed by atoms with van der Waals surface area (Å²) in [5, 5.41) is 20.2. The molecule has 3 N–H and O–H groups in total. The molecule has 8 heteroatoms. The van der Waals surface area contributed by atoms with E-state index < -0.39 is 41.9 Å². The van der Waals surface area contributed by atoms with Gasteiger partial charge in [-0.1, -0.05) is 0 Å². The first kappa shape index (κ1) is 16.6. The first-order chi connectivity index (χ1) is 9.73. The molecule has 0 saturated heterocycles. The summed E-state index contributed by atoms with van der Waals surface area (Å²) < 4.78 is 0.993. The van der Waals surface area contributed by atoms with Gasteiger partial charge in [0.05, 0.1) is 11.7 Å². The monoisotopic (exact) mass is 296 g/mol. The third-order valence-electron chi connectivity index (χ3n) is 2.78. The van der Waals surface area contributed by atoms with E-state index in [0.717, 1.165) is 4.57 Å². The Morgan fingerprint density at radius 2 is 2.00 bits per heavy atom. The Hall–Kier alpha value is -2.48. The molecule has 114 valence electrons. The smallest absolute Gasteiger partial charge is 0.328 e. The minimum atomic E-state index is -1.47. The molecule has 0 radical (unpaired) electrons. The molecule has 21 heavy (non-hydrogen) atoms. The van der Waals surface area contributed by atoms with Crippen LogP contribution in [0, 0.1) is 0 Å². The fourth-order valence-electron chi connectivity index (χ4n) is 1.69. The number of carbonyl (C=O) groups excluding carboxylic acids is 2. The number of nitrogens with one attached hydrogen (secondary N) is 1. The Kier molecular flexibility index (Phi) is 5.37. The fraction of sp³-hybridized carbons (Fsp3) is 0.385. The molecular formula is C13H16N2O6. The minimum Gasteiger partial charge on any atom is -0.480 e. The number of pyridine rings is 1. The highest BCUT2D eigenvalue weighted by Gasteiger charge is 2.25. The maximum absolute atomic E-state index is 11.9. The van der Waals surface area contributed by atoms with Crippen LogP contribution in [0.25, 0.3) is 0 Å². The lowest BCUT2D eigenvalue weighted by molar-refractivity contribution is -0.144. The van der Waals surface area contributed by atoms with E-state index >= 15 is 0 Å². The first-order valence-electron chi connectivity index (χ1n) is 6.14. The number of aliphatic carboxylic acids is 1. The average Bonchev–Trinajstić information content (AvgIpc) is 2.37. The van der Waals surface area contributed by atoms with E-state index in [1.54, 1.807) is 0 Å². The highest BCUT2D eigenvalue weighted by molar-refractivity contribution is 5.93. The molecule has 1 amide bonds.